The zero-order valence-electron chi connectivity index (χ0n) is 47.4. The number of carbonyl (C=O) groups is 9. The number of amides is 7. The van der Waals surface area contributed by atoms with E-state index in [4.69, 9.17) is 9.47 Å². The van der Waals surface area contributed by atoms with Gasteiger partial charge in [0, 0.05) is 26.4 Å². The second-order valence-corrected chi connectivity index (χ2v) is 21.5. The van der Waals surface area contributed by atoms with Crippen LogP contribution in [0.1, 0.15) is 98.6 Å². The van der Waals surface area contributed by atoms with Gasteiger partial charge in [-0.1, -0.05) is 104 Å². The Hall–Kier alpha value is -6.65. The minimum Gasteiger partial charge on any atom is -0.508 e. The van der Waals surface area contributed by atoms with Crippen LogP contribution in [0.4, 0.5) is 0 Å². The summed E-state index contributed by atoms with van der Waals surface area (Å²) >= 11 is 0. The van der Waals surface area contributed by atoms with E-state index in [0.29, 0.717) is 31.4 Å². The van der Waals surface area contributed by atoms with Crippen LogP contribution in [0.3, 0.4) is 0 Å². The third-order valence-corrected chi connectivity index (χ3v) is 13.9. The smallest absolute Gasteiger partial charge is 0.328 e. The van der Waals surface area contributed by atoms with Gasteiger partial charge < -0.3 is 61.2 Å². The quantitative estimate of drug-likeness (QED) is 0.0511. The number of aliphatic hydroxyl groups excluding tert-OH is 2. The lowest BCUT2D eigenvalue weighted by atomic mass is 9.96. The summed E-state index contributed by atoms with van der Waals surface area (Å²) in [5, 5.41) is 44.8. The number of rotatable bonds is 30. The van der Waals surface area contributed by atoms with Crippen molar-refractivity contribution in [1.29, 1.82) is 0 Å². The molecule has 434 valence electrons. The van der Waals surface area contributed by atoms with Gasteiger partial charge in [0.05, 0.1) is 38.8 Å². The van der Waals surface area contributed by atoms with Gasteiger partial charge in [0.25, 0.3) is 5.91 Å². The van der Waals surface area contributed by atoms with Crippen LogP contribution in [0.5, 0.6) is 5.75 Å². The van der Waals surface area contributed by atoms with Crippen molar-refractivity contribution in [2.75, 3.05) is 47.9 Å². The minimum atomic E-state index is -1.62. The molecule has 0 saturated carbocycles. The maximum absolute atomic E-state index is 14.1. The predicted molar refractivity (Wildman–Crippen MR) is 290 cm³/mol. The monoisotopic (exact) mass is 1090 g/mol. The summed E-state index contributed by atoms with van der Waals surface area (Å²) in [6.07, 6.45) is -1.72. The van der Waals surface area contributed by atoms with Crippen LogP contribution >= 0.6 is 0 Å². The molecule has 10 atom stereocenters. The Balaban J connectivity index is 1.74. The van der Waals surface area contributed by atoms with Gasteiger partial charge in [-0.3, -0.25) is 43.3 Å². The van der Waals surface area contributed by atoms with E-state index in [1.54, 1.807) is 58.8 Å². The summed E-state index contributed by atoms with van der Waals surface area (Å²) in [7, 11) is 6.14. The van der Waals surface area contributed by atoms with Gasteiger partial charge in [-0.2, -0.15) is 0 Å². The molecule has 1 aliphatic heterocycles. The highest BCUT2D eigenvalue weighted by atomic mass is 16.6. The molecule has 0 unspecified atom stereocenters. The number of aromatic hydroxyl groups is 1. The molecule has 0 spiro atoms. The first-order chi connectivity index (χ1) is 36.7. The number of nitrogens with one attached hydrogen (secondary N) is 5. The standard InChI is InChI=1S/C56H86N8O14/c1-13-35(8)48(62(9)10)56(76)78-49(34(6)7)53(73)59-40(27-37-21-23-38(66)24-22-37)50(70)60-41(31-65)51(71)58-39(26-32(2)3)44(67)29-45(68)61-47(33(4)5)52(72)57-30-46(69)63(11)43(28-36-18-15-14-16-19-36)54(74)64-25-17-20-42(64)55(75)77-12/h14-16,18-19,21-24,32-35,39-44,47-49,65-67H,13,17,20,25-31H2,1-12H3,(H,57,72)(H,58,71)(H,59,73)(H,60,70)(H,61,68)/t35-,39+,40+,41+,42+,43-,44-,47+,48-,49-/m1/s1. The molecule has 0 bridgehead atoms. The van der Waals surface area contributed by atoms with Gasteiger partial charge in [0.1, 0.15) is 42.0 Å². The van der Waals surface area contributed by atoms with E-state index in [2.05, 4.69) is 26.6 Å². The van der Waals surface area contributed by atoms with Crippen LogP contribution < -0.4 is 26.6 Å². The molecule has 1 fully saturated rings. The zero-order valence-corrected chi connectivity index (χ0v) is 47.4. The van der Waals surface area contributed by atoms with E-state index in [1.165, 1.54) is 48.2 Å². The maximum atomic E-state index is 14.1. The Morgan fingerprint density at radius 3 is 1.91 bits per heavy atom. The molecular formula is C56H86N8O14. The lowest BCUT2D eigenvalue weighted by Crippen LogP contribution is -2.59. The number of hydrogen-bond donors (Lipinski definition) is 8. The molecule has 22 nitrogen and oxygen atoms in total. The van der Waals surface area contributed by atoms with Crippen molar-refractivity contribution in [2.45, 2.75) is 155 Å². The molecule has 8 N–H and O–H groups in total. The summed E-state index contributed by atoms with van der Waals surface area (Å²) < 4.78 is 10.7. The lowest BCUT2D eigenvalue weighted by molar-refractivity contribution is -0.165. The lowest BCUT2D eigenvalue weighted by Gasteiger charge is -2.33. The molecule has 2 aromatic carbocycles. The first-order valence-corrected chi connectivity index (χ1v) is 26.8. The van der Waals surface area contributed by atoms with E-state index < -0.39 is 139 Å². The van der Waals surface area contributed by atoms with Crippen molar-refractivity contribution < 1.29 is 67.9 Å². The SMILES string of the molecule is CC[C@@H](C)[C@H](C(=O)O[C@@H](C(=O)N[C@@H](Cc1ccc(O)cc1)C(=O)N[C@@H](CO)C(=O)N[C@@H](CC(C)C)[C@H](O)CC(=O)N[C@H](C(=O)NCC(=O)N(C)[C@H](Cc1ccccc1)C(=O)N1CCC[C@H]1C(=O)OC)C(C)C)C(C)C)N(C)C. The number of likely N-dealkylation sites (N-methyl/N-ethyl adjacent to an activating group) is 2. The molecule has 1 saturated heterocycles. The summed E-state index contributed by atoms with van der Waals surface area (Å²) in [5.74, 6) is -7.71. The van der Waals surface area contributed by atoms with Crippen LogP contribution in [0.15, 0.2) is 54.6 Å². The number of phenolic OH excluding ortho intramolecular Hbond substituents is 1. The number of nitrogens with zero attached hydrogens (tertiary/aromatic N) is 3. The Labute approximate surface area is 459 Å². The maximum Gasteiger partial charge on any atom is 0.328 e. The van der Waals surface area contributed by atoms with E-state index in [9.17, 15) is 58.5 Å². The molecular weight excluding hydrogens is 1010 g/mol. The predicted octanol–water partition coefficient (Wildman–Crippen LogP) is 1.21. The molecule has 1 heterocycles. The molecule has 1 aliphatic rings. The molecule has 3 rings (SSSR count). The summed E-state index contributed by atoms with van der Waals surface area (Å²) in [4.78, 5) is 127. The molecule has 0 aliphatic carbocycles. The Morgan fingerprint density at radius 1 is 0.756 bits per heavy atom. The van der Waals surface area contributed by atoms with Gasteiger partial charge in [-0.25, -0.2) is 4.79 Å². The zero-order chi connectivity index (χ0) is 58.6. The average molecular weight is 1100 g/mol. The molecule has 2 aromatic rings. The van der Waals surface area contributed by atoms with Crippen LogP contribution in [-0.2, 0) is 65.5 Å². The van der Waals surface area contributed by atoms with Crippen molar-refractivity contribution in [3.63, 3.8) is 0 Å². The van der Waals surface area contributed by atoms with Gasteiger partial charge >= 0.3 is 11.9 Å². The Bertz CT molecular complexity index is 2320. The molecule has 7 amide bonds. The van der Waals surface area contributed by atoms with Crippen molar-refractivity contribution in [1.82, 2.24) is 41.3 Å². The molecule has 78 heavy (non-hydrogen) atoms. The number of likely N-dealkylation sites (tertiary alicyclic amines) is 1. The molecule has 0 radical (unpaired) electrons. The van der Waals surface area contributed by atoms with Gasteiger partial charge in [-0.05, 0) is 80.3 Å². The van der Waals surface area contributed by atoms with Crippen molar-refractivity contribution in [3.8, 4) is 5.75 Å². The van der Waals surface area contributed by atoms with Crippen molar-refractivity contribution in [3.05, 3.63) is 65.7 Å². The topological polar surface area (TPSA) is 303 Å². The van der Waals surface area contributed by atoms with Crippen molar-refractivity contribution >= 4 is 53.3 Å². The van der Waals surface area contributed by atoms with Crippen LogP contribution in [0.2, 0.25) is 0 Å². The first kappa shape index (κ1) is 65.6. The fraction of sp³-hybridized carbons (Fsp3) is 0.625. The number of aliphatic hydroxyl groups is 2. The third kappa shape index (κ3) is 19.7. The van der Waals surface area contributed by atoms with Crippen LogP contribution in [-0.4, -0.2) is 186 Å². The Kier molecular flexibility index (Phi) is 26.7. The highest BCUT2D eigenvalue weighted by Crippen LogP contribution is 2.23. The van der Waals surface area contributed by atoms with Crippen LogP contribution in [0, 0.1) is 23.7 Å². The number of carbonyl (C=O) groups excluding carboxylic acids is 9. The van der Waals surface area contributed by atoms with Gasteiger partial charge in [0.15, 0.2) is 6.10 Å². The largest absolute Gasteiger partial charge is 0.508 e. The van der Waals surface area contributed by atoms with Crippen LogP contribution in [0.25, 0.3) is 0 Å². The third-order valence-electron chi connectivity index (χ3n) is 13.9. The Morgan fingerprint density at radius 2 is 1.36 bits per heavy atom. The summed E-state index contributed by atoms with van der Waals surface area (Å²) in [6, 6.07) is 7.06. The first-order valence-electron chi connectivity index (χ1n) is 26.8. The molecule has 0 aromatic heterocycles. The summed E-state index contributed by atoms with van der Waals surface area (Å²) in [5.41, 5.74) is 1.26. The van der Waals surface area contributed by atoms with E-state index >= 15 is 0 Å². The molecule has 22 heteroatoms. The number of phenols is 1. The van der Waals surface area contributed by atoms with Crippen molar-refractivity contribution in [2.24, 2.45) is 23.7 Å². The second-order valence-electron chi connectivity index (χ2n) is 21.5. The number of esters is 2. The minimum absolute atomic E-state index is 0.0473. The van der Waals surface area contributed by atoms with E-state index in [0.717, 1.165) is 5.56 Å². The highest BCUT2D eigenvalue weighted by molar-refractivity contribution is 5.95. The van der Waals surface area contributed by atoms with E-state index in [1.807, 2.05) is 45.9 Å². The highest BCUT2D eigenvalue weighted by Gasteiger charge is 2.41. The average Bonchev–Trinajstić information content (AvgIpc) is 3.89. The number of methoxy groups -OCH3 is 1. The fourth-order valence-electron chi connectivity index (χ4n) is 9.26. The van der Waals surface area contributed by atoms with Gasteiger partial charge in [0.2, 0.25) is 35.4 Å². The van der Waals surface area contributed by atoms with Gasteiger partial charge in [-0.15, -0.1) is 0 Å². The van der Waals surface area contributed by atoms with E-state index in [-0.39, 0.29) is 36.8 Å². The number of ether oxygens (including phenoxy) is 2. The number of benzene rings is 2. The second kappa shape index (κ2) is 31.7. The number of hydrogen-bond acceptors (Lipinski definition) is 15. The summed E-state index contributed by atoms with van der Waals surface area (Å²) in [6.45, 7) is 13.0. The normalized spacial score (nSPS) is 16.9. The fourth-order valence-corrected chi connectivity index (χ4v) is 9.26.